The fraction of sp³-hybridized carbons (Fsp3) is 0.857. The van der Waals surface area contributed by atoms with E-state index in [2.05, 4.69) is 12.2 Å². The maximum atomic E-state index is 12.3. The van der Waals surface area contributed by atoms with Crippen LogP contribution >= 0.6 is 0 Å². The molecule has 0 aromatic carbocycles. The first kappa shape index (κ1) is 14.3. The van der Waals surface area contributed by atoms with Gasteiger partial charge in [-0.2, -0.15) is 0 Å². The Morgan fingerprint density at radius 3 is 3.05 bits per heavy atom. The number of amides is 2. The number of fused-ring (bicyclic) bond motifs is 1. The molecule has 0 aliphatic carbocycles. The summed E-state index contributed by atoms with van der Waals surface area (Å²) in [4.78, 5) is 25.5. The lowest BCUT2D eigenvalue weighted by molar-refractivity contribution is -0.136. The third-order valence-corrected chi connectivity index (χ3v) is 4.32. The van der Waals surface area contributed by atoms with Crippen molar-refractivity contribution in [3.8, 4) is 0 Å². The Bertz CT molecular complexity index is 346. The molecule has 0 spiro atoms. The van der Waals surface area contributed by atoms with Crippen molar-refractivity contribution < 1.29 is 9.59 Å². The molecule has 0 aromatic rings. The Morgan fingerprint density at radius 1 is 1.53 bits per heavy atom. The highest BCUT2D eigenvalue weighted by Crippen LogP contribution is 2.25. The van der Waals surface area contributed by atoms with Gasteiger partial charge in [0.2, 0.25) is 11.8 Å². The predicted molar refractivity (Wildman–Crippen MR) is 73.4 cm³/mol. The summed E-state index contributed by atoms with van der Waals surface area (Å²) in [5.74, 6) is 0.651. The zero-order chi connectivity index (χ0) is 13.8. The van der Waals surface area contributed by atoms with E-state index in [9.17, 15) is 9.59 Å². The Kier molecular flexibility index (Phi) is 4.80. The SMILES string of the molecule is CCCC[C@H](N)C(=O)N1CCC2NC(=O)CCC2C1. The van der Waals surface area contributed by atoms with Crippen LogP contribution in [0.15, 0.2) is 0 Å². The van der Waals surface area contributed by atoms with Crippen molar-refractivity contribution in [2.45, 2.75) is 57.5 Å². The summed E-state index contributed by atoms with van der Waals surface area (Å²) in [6, 6.07) is -0.0909. The molecule has 2 amide bonds. The van der Waals surface area contributed by atoms with E-state index in [0.29, 0.717) is 12.3 Å². The Morgan fingerprint density at radius 2 is 2.32 bits per heavy atom. The summed E-state index contributed by atoms with van der Waals surface area (Å²) in [5, 5.41) is 3.03. The molecule has 2 unspecified atom stereocenters. The molecule has 5 nitrogen and oxygen atoms in total. The summed E-state index contributed by atoms with van der Waals surface area (Å²) in [6.45, 7) is 3.58. The molecule has 5 heteroatoms. The van der Waals surface area contributed by atoms with Crippen molar-refractivity contribution in [1.82, 2.24) is 10.2 Å². The molecule has 108 valence electrons. The third kappa shape index (κ3) is 3.47. The monoisotopic (exact) mass is 267 g/mol. The number of piperidine rings is 2. The number of carbonyl (C=O) groups is 2. The number of hydrogen-bond acceptors (Lipinski definition) is 3. The van der Waals surface area contributed by atoms with E-state index in [4.69, 9.17) is 5.73 Å². The summed E-state index contributed by atoms with van der Waals surface area (Å²) in [6.07, 6.45) is 5.19. The molecule has 0 bridgehead atoms. The lowest BCUT2D eigenvalue weighted by Gasteiger charge is -2.42. The summed E-state index contributed by atoms with van der Waals surface area (Å²) in [7, 11) is 0. The quantitative estimate of drug-likeness (QED) is 0.784. The van der Waals surface area contributed by atoms with Crippen LogP contribution < -0.4 is 11.1 Å². The van der Waals surface area contributed by atoms with Gasteiger partial charge in [0.15, 0.2) is 0 Å². The van der Waals surface area contributed by atoms with Crippen LogP contribution in [0, 0.1) is 5.92 Å². The van der Waals surface area contributed by atoms with E-state index in [-0.39, 0.29) is 23.9 Å². The average Bonchev–Trinajstić information content (AvgIpc) is 2.43. The predicted octanol–water partition coefficient (Wildman–Crippen LogP) is 0.631. The second-order valence-electron chi connectivity index (χ2n) is 5.79. The maximum absolute atomic E-state index is 12.3. The van der Waals surface area contributed by atoms with Crippen molar-refractivity contribution >= 4 is 11.8 Å². The Hall–Kier alpha value is -1.10. The van der Waals surface area contributed by atoms with Crippen LogP contribution in [0.25, 0.3) is 0 Å². The zero-order valence-electron chi connectivity index (χ0n) is 11.7. The van der Waals surface area contributed by atoms with Gasteiger partial charge in [-0.05, 0) is 25.2 Å². The van der Waals surface area contributed by atoms with Crippen molar-refractivity contribution in [1.29, 1.82) is 0 Å². The van der Waals surface area contributed by atoms with Gasteiger partial charge in [0.1, 0.15) is 0 Å². The first-order valence-corrected chi connectivity index (χ1v) is 7.45. The molecule has 2 aliphatic rings. The number of unbranched alkanes of at least 4 members (excludes halogenated alkanes) is 1. The van der Waals surface area contributed by atoms with Crippen LogP contribution in [-0.2, 0) is 9.59 Å². The van der Waals surface area contributed by atoms with Gasteiger partial charge >= 0.3 is 0 Å². The van der Waals surface area contributed by atoms with Gasteiger partial charge in [0, 0.05) is 25.6 Å². The molecule has 0 aromatic heterocycles. The van der Waals surface area contributed by atoms with Gasteiger partial charge < -0.3 is 16.0 Å². The number of hydrogen-bond donors (Lipinski definition) is 2. The standard InChI is InChI=1S/C14H25N3O2/c1-2-3-4-11(15)14(19)17-8-7-12-10(9-17)5-6-13(18)16-12/h10-12H,2-9,15H2,1H3,(H,16,18)/t10?,11-,12?/m0/s1. The van der Waals surface area contributed by atoms with E-state index >= 15 is 0 Å². The molecule has 2 heterocycles. The molecular formula is C14H25N3O2. The highest BCUT2D eigenvalue weighted by molar-refractivity contribution is 5.82. The van der Waals surface area contributed by atoms with E-state index in [1.165, 1.54) is 0 Å². The summed E-state index contributed by atoms with van der Waals surface area (Å²) >= 11 is 0. The van der Waals surface area contributed by atoms with Gasteiger partial charge in [0.05, 0.1) is 6.04 Å². The van der Waals surface area contributed by atoms with Crippen LogP contribution in [0.1, 0.15) is 45.4 Å². The van der Waals surface area contributed by atoms with Crippen molar-refractivity contribution in [3.63, 3.8) is 0 Å². The second-order valence-corrected chi connectivity index (χ2v) is 5.79. The molecule has 3 N–H and O–H groups in total. The van der Waals surface area contributed by atoms with Crippen LogP contribution in [0.2, 0.25) is 0 Å². The van der Waals surface area contributed by atoms with Gasteiger partial charge in [-0.3, -0.25) is 9.59 Å². The lowest BCUT2D eigenvalue weighted by Crippen LogP contribution is -2.57. The smallest absolute Gasteiger partial charge is 0.239 e. The number of carbonyl (C=O) groups excluding carboxylic acids is 2. The number of nitrogens with two attached hydrogens (primary N) is 1. The van der Waals surface area contributed by atoms with Gasteiger partial charge in [-0.25, -0.2) is 0 Å². The number of likely N-dealkylation sites (tertiary alicyclic amines) is 1. The highest BCUT2D eigenvalue weighted by atomic mass is 16.2. The number of rotatable bonds is 4. The number of nitrogens with zero attached hydrogens (tertiary/aromatic N) is 1. The molecular weight excluding hydrogens is 242 g/mol. The molecule has 2 saturated heterocycles. The molecule has 2 rings (SSSR count). The van der Waals surface area contributed by atoms with E-state index in [1.807, 2.05) is 4.90 Å². The first-order valence-electron chi connectivity index (χ1n) is 7.45. The van der Waals surface area contributed by atoms with Crippen molar-refractivity contribution in [2.75, 3.05) is 13.1 Å². The maximum Gasteiger partial charge on any atom is 0.239 e. The summed E-state index contributed by atoms with van der Waals surface area (Å²) in [5.41, 5.74) is 5.96. The van der Waals surface area contributed by atoms with Crippen molar-refractivity contribution in [3.05, 3.63) is 0 Å². The third-order valence-electron chi connectivity index (χ3n) is 4.32. The van der Waals surface area contributed by atoms with Crippen LogP contribution in [0.3, 0.4) is 0 Å². The van der Waals surface area contributed by atoms with Crippen LogP contribution in [0.4, 0.5) is 0 Å². The average molecular weight is 267 g/mol. The minimum Gasteiger partial charge on any atom is -0.353 e. The Balaban J connectivity index is 1.86. The largest absolute Gasteiger partial charge is 0.353 e. The highest BCUT2D eigenvalue weighted by Gasteiger charge is 2.36. The molecule has 2 aliphatic heterocycles. The minimum absolute atomic E-state index is 0.0869. The topological polar surface area (TPSA) is 75.4 Å². The second kappa shape index (κ2) is 6.37. The van der Waals surface area contributed by atoms with Crippen molar-refractivity contribution in [2.24, 2.45) is 11.7 Å². The molecule has 0 radical (unpaired) electrons. The summed E-state index contributed by atoms with van der Waals surface area (Å²) < 4.78 is 0. The fourth-order valence-corrected chi connectivity index (χ4v) is 3.09. The molecule has 2 fully saturated rings. The normalized spacial score (nSPS) is 28.5. The Labute approximate surface area is 114 Å². The van der Waals surface area contributed by atoms with Gasteiger partial charge in [-0.1, -0.05) is 19.8 Å². The zero-order valence-corrected chi connectivity index (χ0v) is 11.7. The van der Waals surface area contributed by atoms with Crippen LogP contribution in [0.5, 0.6) is 0 Å². The lowest BCUT2D eigenvalue weighted by atomic mass is 9.85. The molecule has 0 saturated carbocycles. The minimum atomic E-state index is -0.352. The van der Waals surface area contributed by atoms with Crippen LogP contribution in [-0.4, -0.2) is 41.9 Å². The van der Waals surface area contributed by atoms with E-state index in [1.54, 1.807) is 0 Å². The van der Waals surface area contributed by atoms with E-state index < -0.39 is 0 Å². The van der Waals surface area contributed by atoms with Gasteiger partial charge in [0.25, 0.3) is 0 Å². The first-order chi connectivity index (χ1) is 9.11. The molecule has 19 heavy (non-hydrogen) atoms. The van der Waals surface area contributed by atoms with Gasteiger partial charge in [-0.15, -0.1) is 0 Å². The number of nitrogens with one attached hydrogen (secondary N) is 1. The van der Waals surface area contributed by atoms with E-state index in [0.717, 1.165) is 45.2 Å². The fourth-order valence-electron chi connectivity index (χ4n) is 3.09. The molecule has 3 atom stereocenters.